The molecule has 1 saturated heterocycles. The number of nitrogens with two attached hydrogens (primary N) is 1. The average molecular weight is 376 g/mol. The van der Waals surface area contributed by atoms with Crippen LogP contribution in [0.4, 0.5) is 0 Å². The van der Waals surface area contributed by atoms with Crippen LogP contribution in [0.25, 0.3) is 0 Å². The van der Waals surface area contributed by atoms with Gasteiger partial charge in [-0.2, -0.15) is 0 Å². The number of nitrogens with zero attached hydrogens (tertiary/aromatic N) is 1. The Morgan fingerprint density at radius 2 is 2.00 bits per heavy atom. The maximum Gasteiger partial charge on any atom is 0.221 e. The fraction of sp³-hybridized carbons (Fsp3) is 0.611. The molecule has 2 rings (SSSR count). The summed E-state index contributed by atoms with van der Waals surface area (Å²) in [6, 6.07) is 9.95. The van der Waals surface area contributed by atoms with Crippen LogP contribution in [0, 0.1) is 5.92 Å². The minimum atomic E-state index is -0.230. The van der Waals surface area contributed by atoms with Gasteiger partial charge in [0.1, 0.15) is 0 Å². The first-order valence-electron chi connectivity index (χ1n) is 8.37. The lowest BCUT2D eigenvalue weighted by molar-refractivity contribution is -0.121. The van der Waals surface area contributed by atoms with Gasteiger partial charge in [-0.3, -0.25) is 9.69 Å². The summed E-state index contributed by atoms with van der Waals surface area (Å²) in [5.41, 5.74) is 7.10. The van der Waals surface area contributed by atoms with Crippen molar-refractivity contribution in [2.45, 2.75) is 45.2 Å². The maximum absolute atomic E-state index is 12.1. The van der Waals surface area contributed by atoms with Crippen molar-refractivity contribution >= 4 is 30.7 Å². The standard InChI is InChI=1S/C18H29N3O.2ClH/c1-14-7-6-10-21(13-14)15(2)12-20-18(22)11-17(19)16-8-4-3-5-9-16;;/h3-5,8-9,14-15,17H,6-7,10-13,19H2,1-2H3,(H,20,22);2*1H. The third kappa shape index (κ3) is 7.39. The Hall–Kier alpha value is -0.810. The Kier molecular flexibility index (Phi) is 11.3. The molecule has 1 heterocycles. The largest absolute Gasteiger partial charge is 0.354 e. The summed E-state index contributed by atoms with van der Waals surface area (Å²) in [4.78, 5) is 14.5. The number of amides is 1. The molecule has 3 unspecified atom stereocenters. The van der Waals surface area contributed by atoms with Crippen molar-refractivity contribution in [2.75, 3.05) is 19.6 Å². The molecule has 1 aliphatic rings. The number of rotatable bonds is 6. The van der Waals surface area contributed by atoms with E-state index >= 15 is 0 Å². The normalized spacial score (nSPS) is 20.2. The van der Waals surface area contributed by atoms with E-state index in [0.29, 0.717) is 19.0 Å². The SMILES string of the molecule is CC1CCCN(C(C)CNC(=O)CC(N)c2ccccc2)C1.Cl.Cl. The molecule has 0 aliphatic carbocycles. The topological polar surface area (TPSA) is 58.4 Å². The van der Waals surface area contributed by atoms with Crippen molar-refractivity contribution in [1.29, 1.82) is 0 Å². The maximum atomic E-state index is 12.1. The number of benzene rings is 1. The summed E-state index contributed by atoms with van der Waals surface area (Å²) in [6.07, 6.45) is 2.92. The van der Waals surface area contributed by atoms with Crippen LogP contribution in [0.2, 0.25) is 0 Å². The molecule has 1 aromatic carbocycles. The van der Waals surface area contributed by atoms with Crippen molar-refractivity contribution in [3.05, 3.63) is 35.9 Å². The summed E-state index contributed by atoms with van der Waals surface area (Å²) < 4.78 is 0. The smallest absolute Gasteiger partial charge is 0.221 e. The summed E-state index contributed by atoms with van der Waals surface area (Å²) in [5, 5.41) is 3.03. The molecule has 4 nitrogen and oxygen atoms in total. The van der Waals surface area contributed by atoms with Crippen LogP contribution >= 0.6 is 24.8 Å². The molecule has 3 atom stereocenters. The number of halogens is 2. The van der Waals surface area contributed by atoms with Crippen molar-refractivity contribution in [3.8, 4) is 0 Å². The fourth-order valence-electron chi connectivity index (χ4n) is 3.11. The number of carbonyl (C=O) groups is 1. The van der Waals surface area contributed by atoms with Gasteiger partial charge in [-0.25, -0.2) is 0 Å². The highest BCUT2D eigenvalue weighted by Gasteiger charge is 2.21. The highest BCUT2D eigenvalue weighted by atomic mass is 35.5. The summed E-state index contributed by atoms with van der Waals surface area (Å²) >= 11 is 0. The van der Waals surface area contributed by atoms with E-state index in [1.165, 1.54) is 12.8 Å². The Morgan fingerprint density at radius 3 is 2.62 bits per heavy atom. The van der Waals surface area contributed by atoms with E-state index < -0.39 is 0 Å². The van der Waals surface area contributed by atoms with E-state index in [1.54, 1.807) is 0 Å². The quantitative estimate of drug-likeness (QED) is 0.802. The van der Waals surface area contributed by atoms with E-state index in [1.807, 2.05) is 30.3 Å². The monoisotopic (exact) mass is 375 g/mol. The van der Waals surface area contributed by atoms with Crippen LogP contribution in [0.5, 0.6) is 0 Å². The van der Waals surface area contributed by atoms with Crippen molar-refractivity contribution < 1.29 is 4.79 Å². The zero-order valence-corrected chi connectivity index (χ0v) is 16.2. The molecule has 0 radical (unpaired) electrons. The van der Waals surface area contributed by atoms with Crippen molar-refractivity contribution in [2.24, 2.45) is 11.7 Å². The second-order valence-corrected chi connectivity index (χ2v) is 6.62. The molecule has 1 fully saturated rings. The second kappa shape index (κ2) is 11.7. The van der Waals surface area contributed by atoms with Gasteiger partial charge in [-0.15, -0.1) is 24.8 Å². The van der Waals surface area contributed by atoms with Crippen LogP contribution < -0.4 is 11.1 Å². The predicted molar refractivity (Wildman–Crippen MR) is 105 cm³/mol. The van der Waals surface area contributed by atoms with Gasteiger partial charge in [0.15, 0.2) is 0 Å². The van der Waals surface area contributed by atoms with Gasteiger partial charge in [0.25, 0.3) is 0 Å². The predicted octanol–water partition coefficient (Wildman–Crippen LogP) is 3.16. The summed E-state index contributed by atoms with van der Waals surface area (Å²) in [7, 11) is 0. The van der Waals surface area contributed by atoms with E-state index in [-0.39, 0.29) is 36.8 Å². The molecule has 138 valence electrons. The Labute approximate surface area is 158 Å². The average Bonchev–Trinajstić information content (AvgIpc) is 2.53. The lowest BCUT2D eigenvalue weighted by Crippen LogP contribution is -2.46. The van der Waals surface area contributed by atoms with E-state index in [4.69, 9.17) is 5.73 Å². The minimum Gasteiger partial charge on any atom is -0.354 e. The lowest BCUT2D eigenvalue weighted by Gasteiger charge is -2.35. The number of nitrogens with one attached hydrogen (secondary N) is 1. The number of piperidine rings is 1. The van der Waals surface area contributed by atoms with Crippen LogP contribution in [0.1, 0.15) is 44.7 Å². The lowest BCUT2D eigenvalue weighted by atomic mass is 9.99. The van der Waals surface area contributed by atoms with Gasteiger partial charge in [-0.05, 0) is 37.8 Å². The third-order valence-corrected chi connectivity index (χ3v) is 4.54. The molecule has 0 saturated carbocycles. The van der Waals surface area contributed by atoms with Gasteiger partial charge in [0.2, 0.25) is 5.91 Å². The minimum absolute atomic E-state index is 0. The molecule has 24 heavy (non-hydrogen) atoms. The highest BCUT2D eigenvalue weighted by molar-refractivity contribution is 5.85. The van der Waals surface area contributed by atoms with Crippen LogP contribution in [-0.2, 0) is 4.79 Å². The number of carbonyl (C=O) groups excluding carboxylic acids is 1. The molecule has 0 bridgehead atoms. The summed E-state index contributed by atoms with van der Waals surface area (Å²) in [5.74, 6) is 0.798. The number of hydrogen-bond acceptors (Lipinski definition) is 3. The van der Waals surface area contributed by atoms with E-state index in [0.717, 1.165) is 24.6 Å². The van der Waals surface area contributed by atoms with Gasteiger partial charge >= 0.3 is 0 Å². The molecule has 3 N–H and O–H groups in total. The fourth-order valence-corrected chi connectivity index (χ4v) is 3.11. The Bertz CT molecular complexity index is 473. The van der Waals surface area contributed by atoms with Gasteiger partial charge in [-0.1, -0.05) is 37.3 Å². The first-order chi connectivity index (χ1) is 10.6. The third-order valence-electron chi connectivity index (χ3n) is 4.54. The van der Waals surface area contributed by atoms with Crippen molar-refractivity contribution in [3.63, 3.8) is 0 Å². The van der Waals surface area contributed by atoms with Gasteiger partial charge in [0.05, 0.1) is 0 Å². The zero-order chi connectivity index (χ0) is 15.9. The van der Waals surface area contributed by atoms with Crippen LogP contribution in [0.3, 0.4) is 0 Å². The molecular weight excluding hydrogens is 345 g/mol. The molecule has 1 aliphatic heterocycles. The molecule has 1 amide bonds. The van der Waals surface area contributed by atoms with Crippen molar-refractivity contribution in [1.82, 2.24) is 10.2 Å². The number of likely N-dealkylation sites (tertiary alicyclic amines) is 1. The number of hydrogen-bond donors (Lipinski definition) is 2. The Morgan fingerprint density at radius 1 is 1.33 bits per heavy atom. The summed E-state index contributed by atoms with van der Waals surface area (Å²) in [6.45, 7) is 7.48. The van der Waals surface area contributed by atoms with E-state index in [9.17, 15) is 4.79 Å². The molecule has 0 aromatic heterocycles. The van der Waals surface area contributed by atoms with E-state index in [2.05, 4.69) is 24.1 Å². The zero-order valence-electron chi connectivity index (χ0n) is 14.6. The first-order valence-corrected chi connectivity index (χ1v) is 8.37. The Balaban J connectivity index is 0.00000264. The molecule has 1 aromatic rings. The molecular formula is C18H31Cl2N3O. The van der Waals surface area contributed by atoms with Gasteiger partial charge in [0, 0.05) is 31.6 Å². The highest BCUT2D eigenvalue weighted by Crippen LogP contribution is 2.17. The van der Waals surface area contributed by atoms with Crippen LogP contribution in [-0.4, -0.2) is 36.5 Å². The van der Waals surface area contributed by atoms with Crippen LogP contribution in [0.15, 0.2) is 30.3 Å². The molecule has 6 heteroatoms. The molecule has 0 spiro atoms. The van der Waals surface area contributed by atoms with Gasteiger partial charge < -0.3 is 11.1 Å². The first kappa shape index (κ1) is 23.2. The second-order valence-electron chi connectivity index (χ2n) is 6.62.